The molecule has 3 N–H and O–H groups in total. The fourth-order valence-corrected chi connectivity index (χ4v) is 3.67. The van der Waals surface area contributed by atoms with Gasteiger partial charge in [0.15, 0.2) is 0 Å². The minimum atomic E-state index is -1.82. The number of nitrogens with one attached hydrogen (secondary N) is 1. The molecule has 0 aliphatic rings. The van der Waals surface area contributed by atoms with E-state index in [-0.39, 0.29) is 5.82 Å². The molecule has 7 heteroatoms. The summed E-state index contributed by atoms with van der Waals surface area (Å²) in [5.41, 5.74) is 5.03. The molecule has 0 aliphatic carbocycles. The summed E-state index contributed by atoms with van der Waals surface area (Å²) in [5.74, 6) is -3.83. The van der Waals surface area contributed by atoms with E-state index in [1.165, 1.54) is 39.5 Å². The summed E-state index contributed by atoms with van der Waals surface area (Å²) in [4.78, 5) is 18.2. The lowest BCUT2D eigenvalue weighted by Crippen LogP contribution is -2.16. The number of fused-ring (bicyclic) bond motifs is 3. The van der Waals surface area contributed by atoms with Crippen LogP contribution in [0, 0.1) is 5.82 Å². The molecule has 0 unspecified atom stereocenters. The van der Waals surface area contributed by atoms with Crippen molar-refractivity contribution < 1.29 is 24.2 Å². The van der Waals surface area contributed by atoms with Crippen molar-refractivity contribution in [2.24, 2.45) is 0 Å². The first-order valence-electron chi connectivity index (χ1n) is 10.3. The highest BCUT2D eigenvalue weighted by Crippen LogP contribution is 2.29. The van der Waals surface area contributed by atoms with Gasteiger partial charge in [-0.15, -0.1) is 0 Å². The van der Waals surface area contributed by atoms with Crippen molar-refractivity contribution in [3.63, 3.8) is 0 Å². The normalized spacial score (nSPS) is 10.7. The highest BCUT2D eigenvalue weighted by atomic mass is 19.1. The second kappa shape index (κ2) is 10.5. The van der Waals surface area contributed by atoms with Crippen LogP contribution in [0.5, 0.6) is 0 Å². The first-order chi connectivity index (χ1) is 15.4. The molecule has 4 rings (SSSR count). The van der Waals surface area contributed by atoms with Gasteiger partial charge in [0.1, 0.15) is 5.82 Å². The van der Waals surface area contributed by atoms with Gasteiger partial charge in [0.05, 0.1) is 0 Å². The Balaban J connectivity index is 0.000000427. The summed E-state index contributed by atoms with van der Waals surface area (Å²) in [5, 5.41) is 20.9. The van der Waals surface area contributed by atoms with Gasteiger partial charge in [0, 0.05) is 34.9 Å². The standard InChI is InChI=1S/C23H23FN2.C2H2O4/c1-2-26-22-6-4-3-5-20(22)21-15-18(9-12-23(21)26)16-25-14-13-17-7-10-19(24)11-8-17;3-1(4)2(5)6/h3-12,15,25H,2,13-14,16H2,1H3;(H,3,4)(H,5,6). The second-order valence-corrected chi connectivity index (χ2v) is 7.28. The van der Waals surface area contributed by atoms with Crippen LogP contribution < -0.4 is 5.32 Å². The molecule has 0 fully saturated rings. The number of para-hydroxylation sites is 1. The third-order valence-electron chi connectivity index (χ3n) is 5.17. The molecule has 0 spiro atoms. The molecule has 166 valence electrons. The van der Waals surface area contributed by atoms with Crippen molar-refractivity contribution in [1.29, 1.82) is 0 Å². The van der Waals surface area contributed by atoms with Crippen LogP contribution in [0.4, 0.5) is 4.39 Å². The van der Waals surface area contributed by atoms with E-state index in [2.05, 4.69) is 59.3 Å². The SMILES string of the molecule is CCn1c2ccccc2c2cc(CNCCc3ccc(F)cc3)ccc21.O=C(O)C(=O)O. The molecule has 1 aromatic heterocycles. The van der Waals surface area contributed by atoms with Crippen molar-refractivity contribution in [3.05, 3.63) is 83.7 Å². The number of benzene rings is 3. The summed E-state index contributed by atoms with van der Waals surface area (Å²) < 4.78 is 15.3. The van der Waals surface area contributed by atoms with E-state index in [1.807, 2.05) is 12.1 Å². The largest absolute Gasteiger partial charge is 0.473 e. The number of aryl methyl sites for hydroxylation is 1. The summed E-state index contributed by atoms with van der Waals surface area (Å²) in [7, 11) is 0. The lowest BCUT2D eigenvalue weighted by Gasteiger charge is -2.07. The average Bonchev–Trinajstić information content (AvgIpc) is 3.11. The van der Waals surface area contributed by atoms with Gasteiger partial charge in [-0.1, -0.05) is 36.4 Å². The first kappa shape index (κ1) is 23.0. The molecule has 32 heavy (non-hydrogen) atoms. The summed E-state index contributed by atoms with van der Waals surface area (Å²) in [6.07, 6.45) is 0.900. The van der Waals surface area contributed by atoms with Gasteiger partial charge in [-0.25, -0.2) is 14.0 Å². The van der Waals surface area contributed by atoms with Crippen molar-refractivity contribution in [1.82, 2.24) is 9.88 Å². The molecule has 1 heterocycles. The molecule has 6 nitrogen and oxygen atoms in total. The zero-order valence-electron chi connectivity index (χ0n) is 17.7. The Labute approximate surface area is 184 Å². The summed E-state index contributed by atoms with van der Waals surface area (Å²) in [6, 6.07) is 22.1. The van der Waals surface area contributed by atoms with Gasteiger partial charge in [0.25, 0.3) is 0 Å². The molecule has 0 aliphatic heterocycles. The van der Waals surface area contributed by atoms with Crippen molar-refractivity contribution in [2.45, 2.75) is 26.4 Å². The molecule has 3 aromatic carbocycles. The lowest BCUT2D eigenvalue weighted by atomic mass is 10.1. The van der Waals surface area contributed by atoms with Crippen molar-refractivity contribution in [2.75, 3.05) is 6.54 Å². The predicted molar refractivity (Wildman–Crippen MR) is 122 cm³/mol. The minimum absolute atomic E-state index is 0.179. The number of hydrogen-bond donors (Lipinski definition) is 3. The molecular weight excluding hydrogens is 411 g/mol. The Hall–Kier alpha value is -3.71. The van der Waals surface area contributed by atoms with Crippen LogP contribution in [0.1, 0.15) is 18.1 Å². The highest BCUT2D eigenvalue weighted by Gasteiger charge is 2.09. The van der Waals surface area contributed by atoms with Gasteiger partial charge in [0.2, 0.25) is 0 Å². The molecule has 0 saturated heterocycles. The van der Waals surface area contributed by atoms with Gasteiger partial charge in [-0.2, -0.15) is 0 Å². The fraction of sp³-hybridized carbons (Fsp3) is 0.200. The Morgan fingerprint density at radius 2 is 1.50 bits per heavy atom. The Bertz CT molecular complexity index is 1220. The van der Waals surface area contributed by atoms with Gasteiger partial charge in [-0.05, 0) is 61.3 Å². The van der Waals surface area contributed by atoms with E-state index < -0.39 is 11.9 Å². The molecule has 0 saturated carbocycles. The number of carbonyl (C=O) groups is 2. The molecule has 0 radical (unpaired) electrons. The maximum Gasteiger partial charge on any atom is 0.414 e. The predicted octanol–water partition coefficient (Wildman–Crippen LogP) is 4.44. The minimum Gasteiger partial charge on any atom is -0.473 e. The average molecular weight is 436 g/mol. The van der Waals surface area contributed by atoms with Gasteiger partial charge < -0.3 is 20.1 Å². The van der Waals surface area contributed by atoms with E-state index in [0.29, 0.717) is 0 Å². The quantitative estimate of drug-likeness (QED) is 0.307. The van der Waals surface area contributed by atoms with Crippen LogP contribution in [0.3, 0.4) is 0 Å². The van der Waals surface area contributed by atoms with E-state index in [1.54, 1.807) is 0 Å². The number of aliphatic carboxylic acids is 2. The number of rotatable bonds is 6. The van der Waals surface area contributed by atoms with Crippen LogP contribution in [0.25, 0.3) is 21.8 Å². The first-order valence-corrected chi connectivity index (χ1v) is 10.3. The number of halogens is 1. The maximum atomic E-state index is 12.9. The molecule has 0 amide bonds. The van der Waals surface area contributed by atoms with Crippen molar-refractivity contribution >= 4 is 33.7 Å². The molecule has 0 bridgehead atoms. The molecule has 0 atom stereocenters. The Morgan fingerprint density at radius 3 is 2.16 bits per heavy atom. The van der Waals surface area contributed by atoms with Crippen LogP contribution in [0.2, 0.25) is 0 Å². The zero-order chi connectivity index (χ0) is 23.1. The third kappa shape index (κ3) is 5.50. The van der Waals surface area contributed by atoms with Gasteiger partial charge >= 0.3 is 11.9 Å². The molecule has 4 aromatic rings. The van der Waals surface area contributed by atoms with E-state index in [9.17, 15) is 4.39 Å². The van der Waals surface area contributed by atoms with Crippen LogP contribution >= 0.6 is 0 Å². The Kier molecular flexibility index (Phi) is 7.57. The van der Waals surface area contributed by atoms with Crippen LogP contribution in [0.15, 0.2) is 66.7 Å². The third-order valence-corrected chi connectivity index (χ3v) is 5.17. The van der Waals surface area contributed by atoms with E-state index in [4.69, 9.17) is 19.8 Å². The number of carboxylic acid groups (broad SMARTS) is 2. The number of aromatic nitrogens is 1. The van der Waals surface area contributed by atoms with Crippen LogP contribution in [-0.4, -0.2) is 33.3 Å². The lowest BCUT2D eigenvalue weighted by molar-refractivity contribution is -0.159. The van der Waals surface area contributed by atoms with Crippen LogP contribution in [-0.2, 0) is 29.1 Å². The van der Waals surface area contributed by atoms with Crippen molar-refractivity contribution in [3.8, 4) is 0 Å². The fourth-order valence-electron chi connectivity index (χ4n) is 3.67. The smallest absolute Gasteiger partial charge is 0.414 e. The number of hydrogen-bond acceptors (Lipinski definition) is 3. The number of carboxylic acids is 2. The van der Waals surface area contributed by atoms with E-state index >= 15 is 0 Å². The highest BCUT2D eigenvalue weighted by molar-refractivity contribution is 6.27. The molecular formula is C25H25FN2O4. The topological polar surface area (TPSA) is 91.6 Å². The zero-order valence-corrected chi connectivity index (χ0v) is 17.7. The number of nitrogens with zero attached hydrogens (tertiary/aromatic N) is 1. The monoisotopic (exact) mass is 436 g/mol. The summed E-state index contributed by atoms with van der Waals surface area (Å²) in [6.45, 7) is 4.87. The second-order valence-electron chi connectivity index (χ2n) is 7.28. The van der Waals surface area contributed by atoms with Gasteiger partial charge in [-0.3, -0.25) is 0 Å². The van der Waals surface area contributed by atoms with E-state index in [0.717, 1.165) is 31.6 Å². The summed E-state index contributed by atoms with van der Waals surface area (Å²) >= 11 is 0. The maximum absolute atomic E-state index is 12.9. The Morgan fingerprint density at radius 1 is 0.875 bits per heavy atom.